The van der Waals surface area contributed by atoms with Gasteiger partial charge in [-0.1, -0.05) is 50.6 Å². The predicted molar refractivity (Wildman–Crippen MR) is 211 cm³/mol. The molecule has 12 heteroatoms. The van der Waals surface area contributed by atoms with Gasteiger partial charge in [0.05, 0.1) is 24.4 Å². The summed E-state index contributed by atoms with van der Waals surface area (Å²) in [7, 11) is 4.62. The first-order chi connectivity index (χ1) is 26.6. The second kappa shape index (κ2) is 20.6. The quantitative estimate of drug-likeness (QED) is 0.201. The average Bonchev–Trinajstić information content (AvgIpc) is 3.17. The number of carbonyl (C=O) groups is 4. The van der Waals surface area contributed by atoms with Crippen LogP contribution in [-0.4, -0.2) is 115 Å². The Kier molecular flexibility index (Phi) is 16.8. The van der Waals surface area contributed by atoms with Crippen LogP contribution < -0.4 is 0 Å². The van der Waals surface area contributed by atoms with Crippen LogP contribution in [0.2, 0.25) is 0 Å². The van der Waals surface area contributed by atoms with E-state index in [1.807, 2.05) is 39.0 Å². The van der Waals surface area contributed by atoms with Gasteiger partial charge in [-0.25, -0.2) is 4.79 Å². The van der Waals surface area contributed by atoms with Gasteiger partial charge in [-0.2, -0.15) is 0 Å². The molecular weight excluding hydrogens is 718 g/mol. The van der Waals surface area contributed by atoms with Crippen molar-refractivity contribution in [2.75, 3.05) is 27.9 Å². The number of allylic oxidation sites excluding steroid dienone is 6. The SMILES string of the molecule is C=CC[C@@H]1/C=C(/C)C[C@H](C)C[C@H](OC)[C@H]2O[C@@](O)(C(=O)C(=O)N3CCCC[C@H]3C(=O)O[C@@H]([C@@H]3CC[C@@H](O)[C@H](OC)C3)/C(C)=C\[C@H](C)/C=C/C1=O)[C@H](C)C[C@@H]2OC. The largest absolute Gasteiger partial charge is 0.456 e. The molecule has 2 bridgehead atoms. The number of fused-ring (bicyclic) bond motifs is 3. The molecule has 2 saturated heterocycles. The fraction of sp³-hybridized carbons (Fsp3) is 0.727. The summed E-state index contributed by atoms with van der Waals surface area (Å²) in [5.41, 5.74) is 1.79. The summed E-state index contributed by atoms with van der Waals surface area (Å²) in [6, 6.07) is -1.06. The van der Waals surface area contributed by atoms with E-state index < -0.39 is 77.9 Å². The maximum Gasteiger partial charge on any atom is 0.329 e. The Morgan fingerprint density at radius 3 is 2.27 bits per heavy atom. The number of aliphatic hydroxyl groups excluding tert-OH is 1. The molecule has 0 aromatic rings. The highest BCUT2D eigenvalue weighted by Crippen LogP contribution is 2.39. The molecule has 13 atom stereocenters. The van der Waals surface area contributed by atoms with Gasteiger partial charge in [0.1, 0.15) is 18.2 Å². The Morgan fingerprint density at radius 1 is 0.929 bits per heavy atom. The summed E-state index contributed by atoms with van der Waals surface area (Å²) in [6.45, 7) is 13.6. The maximum atomic E-state index is 14.3. The van der Waals surface area contributed by atoms with Crippen molar-refractivity contribution in [3.63, 3.8) is 0 Å². The van der Waals surface area contributed by atoms with E-state index in [1.165, 1.54) is 19.1 Å². The normalized spacial score (nSPS) is 41.4. The molecule has 12 nitrogen and oxygen atoms in total. The van der Waals surface area contributed by atoms with Gasteiger partial charge in [-0.15, -0.1) is 6.58 Å². The van der Waals surface area contributed by atoms with Crippen LogP contribution in [0, 0.1) is 29.6 Å². The number of ether oxygens (including phenoxy) is 5. The summed E-state index contributed by atoms with van der Waals surface area (Å²) >= 11 is 0. The monoisotopic (exact) mass is 785 g/mol. The summed E-state index contributed by atoms with van der Waals surface area (Å²) in [4.78, 5) is 57.5. The van der Waals surface area contributed by atoms with E-state index in [9.17, 15) is 29.4 Å². The molecule has 3 heterocycles. The van der Waals surface area contributed by atoms with Crippen molar-refractivity contribution >= 4 is 23.4 Å². The number of aliphatic hydroxyl groups is 2. The lowest BCUT2D eigenvalue weighted by Crippen LogP contribution is -2.64. The number of piperidine rings is 1. The molecule has 0 aromatic heterocycles. The number of ketones is 2. The smallest absolute Gasteiger partial charge is 0.329 e. The van der Waals surface area contributed by atoms with Gasteiger partial charge in [0.2, 0.25) is 5.79 Å². The molecule has 1 saturated carbocycles. The highest BCUT2D eigenvalue weighted by molar-refractivity contribution is 6.39. The first-order valence-electron chi connectivity index (χ1n) is 20.5. The van der Waals surface area contributed by atoms with Crippen LogP contribution in [0.3, 0.4) is 0 Å². The molecule has 0 unspecified atom stereocenters. The van der Waals surface area contributed by atoms with Crippen LogP contribution >= 0.6 is 0 Å². The van der Waals surface area contributed by atoms with Gasteiger partial charge < -0.3 is 38.8 Å². The van der Waals surface area contributed by atoms with E-state index in [0.29, 0.717) is 51.4 Å². The van der Waals surface area contributed by atoms with Crippen molar-refractivity contribution in [3.8, 4) is 0 Å². The zero-order valence-corrected chi connectivity index (χ0v) is 34.8. The van der Waals surface area contributed by atoms with Crippen molar-refractivity contribution in [2.24, 2.45) is 29.6 Å². The molecule has 0 aromatic carbocycles. The third kappa shape index (κ3) is 10.9. The van der Waals surface area contributed by atoms with Crippen LogP contribution in [0.4, 0.5) is 0 Å². The Morgan fingerprint density at radius 2 is 1.61 bits per heavy atom. The number of esters is 1. The number of methoxy groups -OCH3 is 3. The minimum absolute atomic E-state index is 0.0474. The Bertz CT molecular complexity index is 1490. The highest BCUT2D eigenvalue weighted by atomic mass is 16.7. The average molecular weight is 786 g/mol. The molecular formula is C44H67NO11. The minimum atomic E-state index is -2.49. The molecule has 2 N–H and O–H groups in total. The first-order valence-corrected chi connectivity index (χ1v) is 20.5. The number of amides is 1. The lowest BCUT2D eigenvalue weighted by Gasteiger charge is -2.47. The fourth-order valence-corrected chi connectivity index (χ4v) is 9.19. The molecule has 1 amide bonds. The third-order valence-electron chi connectivity index (χ3n) is 12.4. The summed E-state index contributed by atoms with van der Waals surface area (Å²) in [6.07, 6.45) is 10.1. The summed E-state index contributed by atoms with van der Waals surface area (Å²) < 4.78 is 30.0. The van der Waals surface area contributed by atoms with Gasteiger partial charge in [0.25, 0.3) is 11.7 Å². The first kappa shape index (κ1) is 45.7. The second-order valence-electron chi connectivity index (χ2n) is 16.8. The van der Waals surface area contributed by atoms with Crippen LogP contribution in [0.1, 0.15) is 98.8 Å². The number of hydrogen-bond acceptors (Lipinski definition) is 11. The molecule has 4 rings (SSSR count). The van der Waals surface area contributed by atoms with Gasteiger partial charge in [0.15, 0.2) is 5.78 Å². The number of Topliss-reactive ketones (excluding diaryl/α,β-unsaturated/α-hetero) is 1. The molecule has 0 spiro atoms. The van der Waals surface area contributed by atoms with Crippen molar-refractivity contribution < 1.29 is 53.1 Å². The summed E-state index contributed by atoms with van der Waals surface area (Å²) in [5.74, 6) is -6.89. The Hall–Kier alpha value is -3.00. The number of rotatable bonds is 6. The fourth-order valence-electron chi connectivity index (χ4n) is 9.19. The minimum Gasteiger partial charge on any atom is -0.456 e. The maximum absolute atomic E-state index is 14.3. The summed E-state index contributed by atoms with van der Waals surface area (Å²) in [5, 5.41) is 22.6. The van der Waals surface area contributed by atoms with Gasteiger partial charge in [-0.05, 0) is 102 Å². The molecule has 3 fully saturated rings. The predicted octanol–water partition coefficient (Wildman–Crippen LogP) is 5.44. The van der Waals surface area contributed by atoms with E-state index in [1.54, 1.807) is 26.2 Å². The highest BCUT2D eigenvalue weighted by Gasteiger charge is 2.56. The lowest BCUT2D eigenvalue weighted by atomic mass is 9.79. The number of cyclic esters (lactones) is 1. The third-order valence-corrected chi connectivity index (χ3v) is 12.4. The van der Waals surface area contributed by atoms with E-state index in [0.717, 1.165) is 11.1 Å². The van der Waals surface area contributed by atoms with Crippen LogP contribution in [0.5, 0.6) is 0 Å². The standard InChI is InChI=1S/C44H67NO11/c1-10-13-31-22-27(3)20-28(4)23-37(53-8)40-38(54-9)24-30(6)44(51,56-40)41(48)42(49)45-19-12-11-14-33(45)43(50)55-39(29(5)21-26(2)15-17-34(31)46)32-16-18-35(47)36(25-32)52-7/h10,15,17,21-22,26,28,30-33,35-40,47,51H,1,11-14,16,18-20,23-25H2,2-9H3/b17-15+,27-22-,29-21-/t26-,28+,30-,31-,32-,33+,35-,36-,37+,38+,39-,40-,44-/m1/s1. The van der Waals surface area contributed by atoms with E-state index >= 15 is 0 Å². The van der Waals surface area contributed by atoms with E-state index in [-0.39, 0.29) is 42.9 Å². The lowest BCUT2D eigenvalue weighted by molar-refractivity contribution is -0.302. The second-order valence-corrected chi connectivity index (χ2v) is 16.8. The molecule has 4 aliphatic rings. The molecule has 0 radical (unpaired) electrons. The van der Waals surface area contributed by atoms with Gasteiger partial charge in [-0.3, -0.25) is 14.4 Å². The van der Waals surface area contributed by atoms with Crippen molar-refractivity contribution in [2.45, 2.75) is 147 Å². The number of carbonyl (C=O) groups excluding carboxylic acids is 4. The van der Waals surface area contributed by atoms with Gasteiger partial charge in [0, 0.05) is 45.6 Å². The van der Waals surface area contributed by atoms with Crippen molar-refractivity contribution in [1.82, 2.24) is 4.90 Å². The van der Waals surface area contributed by atoms with Crippen LogP contribution in [-0.2, 0) is 42.9 Å². The van der Waals surface area contributed by atoms with Crippen LogP contribution in [0.15, 0.2) is 48.1 Å². The van der Waals surface area contributed by atoms with Crippen molar-refractivity contribution in [3.05, 3.63) is 48.1 Å². The number of hydrogen-bond donors (Lipinski definition) is 2. The van der Waals surface area contributed by atoms with Crippen LogP contribution in [0.25, 0.3) is 0 Å². The number of nitrogens with zero attached hydrogens (tertiary/aromatic N) is 1. The molecule has 3 aliphatic heterocycles. The molecule has 1 aliphatic carbocycles. The van der Waals surface area contributed by atoms with E-state index in [2.05, 4.69) is 13.5 Å². The molecule has 56 heavy (non-hydrogen) atoms. The molecule has 314 valence electrons. The topological polar surface area (TPSA) is 158 Å². The van der Waals surface area contributed by atoms with E-state index in [4.69, 9.17) is 23.7 Å². The van der Waals surface area contributed by atoms with Gasteiger partial charge >= 0.3 is 5.97 Å². The Labute approximate surface area is 333 Å². The zero-order valence-electron chi connectivity index (χ0n) is 34.8. The zero-order chi connectivity index (χ0) is 41.3. The Balaban J connectivity index is 1.78. The van der Waals surface area contributed by atoms with Crippen molar-refractivity contribution in [1.29, 1.82) is 0 Å².